The lowest BCUT2D eigenvalue weighted by Crippen LogP contribution is -2.38. The molecule has 1 amide bonds. The molecule has 2 heteroatoms. The van der Waals surface area contributed by atoms with Crippen molar-refractivity contribution in [1.82, 2.24) is 4.90 Å². The molecule has 0 heterocycles. The summed E-state index contributed by atoms with van der Waals surface area (Å²) in [5.74, 6) is 0. The molecule has 2 unspecified atom stereocenters. The normalized spacial score (nSPS) is 15.6. The van der Waals surface area contributed by atoms with Gasteiger partial charge in [-0.1, -0.05) is 13.8 Å². The van der Waals surface area contributed by atoms with E-state index in [0.29, 0.717) is 12.1 Å². The van der Waals surface area contributed by atoms with Gasteiger partial charge in [-0.15, -0.1) is 0 Å². The Bertz CT molecular complexity index is 104. The van der Waals surface area contributed by atoms with Crippen molar-refractivity contribution in [3.8, 4) is 0 Å². The Kier molecular flexibility index (Phi) is 4.92. The molecule has 0 saturated heterocycles. The maximum absolute atomic E-state index is 10.5. The highest BCUT2D eigenvalue weighted by Crippen LogP contribution is 2.08. The number of carbonyl (C=O) groups excluding carboxylic acids is 1. The summed E-state index contributed by atoms with van der Waals surface area (Å²) in [4.78, 5) is 12.3. The third kappa shape index (κ3) is 2.91. The molecule has 0 aliphatic carbocycles. The van der Waals surface area contributed by atoms with Gasteiger partial charge in [0.05, 0.1) is 0 Å². The molecule has 0 aliphatic rings. The van der Waals surface area contributed by atoms with Crippen LogP contribution in [0.5, 0.6) is 0 Å². The summed E-state index contributed by atoms with van der Waals surface area (Å²) in [6, 6.07) is 0.643. The Labute approximate surface area is 69.6 Å². The molecule has 0 fully saturated rings. The van der Waals surface area contributed by atoms with Gasteiger partial charge in [0.2, 0.25) is 0 Å². The lowest BCUT2D eigenvalue weighted by Gasteiger charge is -2.28. The Hall–Kier alpha value is -0.530. The first kappa shape index (κ1) is 10.5. The predicted molar refractivity (Wildman–Crippen MR) is 47.0 cm³/mol. The second-order valence-electron chi connectivity index (χ2n) is 3.01. The molecule has 0 spiro atoms. The zero-order valence-corrected chi connectivity index (χ0v) is 7.92. The van der Waals surface area contributed by atoms with Gasteiger partial charge < -0.3 is 4.90 Å². The molecule has 0 aromatic heterocycles. The average Bonchev–Trinajstić information content (AvgIpc) is 2.05. The SMILES string of the molecule is CCC(C)N([C]=O)C(C)CC. The monoisotopic (exact) mass is 156 g/mol. The number of hydrogen-bond donors (Lipinski definition) is 0. The van der Waals surface area contributed by atoms with Crippen molar-refractivity contribution in [2.24, 2.45) is 0 Å². The van der Waals surface area contributed by atoms with Gasteiger partial charge in [-0.25, -0.2) is 0 Å². The van der Waals surface area contributed by atoms with Crippen molar-refractivity contribution in [2.45, 2.75) is 52.6 Å². The van der Waals surface area contributed by atoms with Crippen LogP contribution in [0.4, 0.5) is 0 Å². The smallest absolute Gasteiger partial charge is 0.312 e. The topological polar surface area (TPSA) is 20.3 Å². The fourth-order valence-corrected chi connectivity index (χ4v) is 1.01. The van der Waals surface area contributed by atoms with E-state index in [1.165, 1.54) is 0 Å². The summed E-state index contributed by atoms with van der Waals surface area (Å²) in [7, 11) is 0. The molecule has 1 radical (unpaired) electrons. The Balaban J connectivity index is 4.03. The molecule has 0 rings (SSSR count). The molecule has 0 saturated carbocycles. The highest BCUT2D eigenvalue weighted by Gasteiger charge is 2.15. The predicted octanol–water partition coefficient (Wildman–Crippen LogP) is 1.95. The fraction of sp³-hybridized carbons (Fsp3) is 0.889. The van der Waals surface area contributed by atoms with Crippen molar-refractivity contribution in [1.29, 1.82) is 0 Å². The molecular weight excluding hydrogens is 138 g/mol. The van der Waals surface area contributed by atoms with Gasteiger partial charge in [0, 0.05) is 12.1 Å². The summed E-state index contributed by atoms with van der Waals surface area (Å²) in [5.41, 5.74) is 0. The van der Waals surface area contributed by atoms with E-state index in [0.717, 1.165) is 12.8 Å². The molecule has 0 aliphatic heterocycles. The van der Waals surface area contributed by atoms with Crippen LogP contribution in [0, 0.1) is 0 Å². The van der Waals surface area contributed by atoms with Crippen LogP contribution in [0.15, 0.2) is 0 Å². The lowest BCUT2D eigenvalue weighted by molar-refractivity contribution is 0.238. The van der Waals surface area contributed by atoms with Crippen molar-refractivity contribution in [2.75, 3.05) is 0 Å². The second kappa shape index (κ2) is 5.16. The molecule has 2 atom stereocenters. The van der Waals surface area contributed by atoms with E-state index in [2.05, 4.69) is 27.7 Å². The Morgan fingerprint density at radius 3 is 1.73 bits per heavy atom. The zero-order chi connectivity index (χ0) is 8.85. The van der Waals surface area contributed by atoms with Gasteiger partial charge in [0.1, 0.15) is 0 Å². The summed E-state index contributed by atoms with van der Waals surface area (Å²) in [6.07, 6.45) is 3.99. The first-order valence-corrected chi connectivity index (χ1v) is 4.33. The highest BCUT2D eigenvalue weighted by molar-refractivity contribution is 5.49. The van der Waals surface area contributed by atoms with Crippen molar-refractivity contribution in [3.05, 3.63) is 0 Å². The van der Waals surface area contributed by atoms with Crippen molar-refractivity contribution >= 4 is 6.41 Å². The molecular formula is C9H18NO. The molecule has 65 valence electrons. The van der Waals surface area contributed by atoms with Gasteiger partial charge in [0.15, 0.2) is 0 Å². The van der Waals surface area contributed by atoms with E-state index in [9.17, 15) is 4.79 Å². The van der Waals surface area contributed by atoms with Gasteiger partial charge >= 0.3 is 6.41 Å². The fourth-order valence-electron chi connectivity index (χ4n) is 1.01. The molecule has 2 nitrogen and oxygen atoms in total. The first-order valence-electron chi connectivity index (χ1n) is 4.33. The highest BCUT2D eigenvalue weighted by atomic mass is 16.1. The van der Waals surface area contributed by atoms with Crippen molar-refractivity contribution < 1.29 is 4.79 Å². The minimum atomic E-state index is 0.322. The summed E-state index contributed by atoms with van der Waals surface area (Å²) >= 11 is 0. The average molecular weight is 156 g/mol. The quantitative estimate of drug-likeness (QED) is 0.557. The van der Waals surface area contributed by atoms with Gasteiger partial charge in [0.25, 0.3) is 0 Å². The minimum Gasteiger partial charge on any atom is -0.329 e. The number of amides is 1. The third-order valence-electron chi connectivity index (χ3n) is 2.24. The Morgan fingerprint density at radius 2 is 1.55 bits per heavy atom. The number of hydrogen-bond acceptors (Lipinski definition) is 1. The lowest BCUT2D eigenvalue weighted by atomic mass is 10.1. The van der Waals surface area contributed by atoms with Crippen LogP contribution in [-0.2, 0) is 4.79 Å². The minimum absolute atomic E-state index is 0.322. The standard InChI is InChI=1S/C9H18NO/c1-5-8(3)10(7-11)9(4)6-2/h8-9H,5-6H2,1-4H3. The van der Waals surface area contributed by atoms with Gasteiger partial charge in [-0.2, -0.15) is 0 Å². The van der Waals surface area contributed by atoms with E-state index in [-0.39, 0.29) is 0 Å². The molecule has 0 aromatic rings. The van der Waals surface area contributed by atoms with E-state index in [1.54, 1.807) is 4.90 Å². The summed E-state index contributed by atoms with van der Waals surface area (Å²) in [5, 5.41) is 0. The Morgan fingerprint density at radius 1 is 1.18 bits per heavy atom. The van der Waals surface area contributed by atoms with Crippen LogP contribution in [0.1, 0.15) is 40.5 Å². The molecule has 0 N–H and O–H groups in total. The van der Waals surface area contributed by atoms with Crippen LogP contribution < -0.4 is 0 Å². The molecule has 0 bridgehead atoms. The first-order chi connectivity index (χ1) is 5.17. The summed E-state index contributed by atoms with van der Waals surface area (Å²) < 4.78 is 0. The van der Waals surface area contributed by atoms with E-state index >= 15 is 0 Å². The van der Waals surface area contributed by atoms with Gasteiger partial charge in [-0.05, 0) is 26.7 Å². The van der Waals surface area contributed by atoms with E-state index in [1.807, 2.05) is 6.41 Å². The maximum atomic E-state index is 10.5. The van der Waals surface area contributed by atoms with Crippen LogP contribution >= 0.6 is 0 Å². The van der Waals surface area contributed by atoms with Crippen LogP contribution in [-0.4, -0.2) is 23.4 Å². The maximum Gasteiger partial charge on any atom is 0.312 e. The zero-order valence-electron chi connectivity index (χ0n) is 7.92. The van der Waals surface area contributed by atoms with Crippen LogP contribution in [0.25, 0.3) is 0 Å². The number of nitrogens with zero attached hydrogens (tertiary/aromatic N) is 1. The van der Waals surface area contributed by atoms with Crippen molar-refractivity contribution in [3.63, 3.8) is 0 Å². The van der Waals surface area contributed by atoms with E-state index in [4.69, 9.17) is 0 Å². The second-order valence-corrected chi connectivity index (χ2v) is 3.01. The largest absolute Gasteiger partial charge is 0.329 e. The van der Waals surface area contributed by atoms with Crippen LogP contribution in [0.3, 0.4) is 0 Å². The summed E-state index contributed by atoms with van der Waals surface area (Å²) in [6.45, 7) is 8.27. The number of rotatable bonds is 5. The van der Waals surface area contributed by atoms with E-state index < -0.39 is 0 Å². The van der Waals surface area contributed by atoms with Crippen LogP contribution in [0.2, 0.25) is 0 Å². The third-order valence-corrected chi connectivity index (χ3v) is 2.24. The van der Waals surface area contributed by atoms with Gasteiger partial charge in [-0.3, -0.25) is 4.79 Å². The molecule has 11 heavy (non-hydrogen) atoms. The molecule has 0 aromatic carbocycles.